The quantitative estimate of drug-likeness (QED) is 0.814. The molecule has 114 valence electrons. The second kappa shape index (κ2) is 5.78. The van der Waals surface area contributed by atoms with Gasteiger partial charge in [0.2, 0.25) is 9.84 Å². The fraction of sp³-hybridized carbons (Fsp3) is 0. The number of allylic oxidation sites excluding steroid dienone is 4. The summed E-state index contributed by atoms with van der Waals surface area (Å²) in [5, 5.41) is 0. The van der Waals surface area contributed by atoms with E-state index in [1.807, 2.05) is 30.3 Å². The molecule has 0 spiro atoms. The van der Waals surface area contributed by atoms with Crippen molar-refractivity contribution in [3.05, 3.63) is 77.7 Å². The molecule has 0 saturated heterocycles. The summed E-state index contributed by atoms with van der Waals surface area (Å²) in [5.41, 5.74) is 1.83. The number of benzene rings is 2. The van der Waals surface area contributed by atoms with E-state index in [2.05, 4.69) is 0 Å². The lowest BCUT2D eigenvalue weighted by atomic mass is 10.1. The summed E-state index contributed by atoms with van der Waals surface area (Å²) in [6, 6.07) is 15.7. The van der Waals surface area contributed by atoms with Gasteiger partial charge in [-0.05, 0) is 35.4 Å². The Morgan fingerprint density at radius 3 is 1.96 bits per heavy atom. The first-order chi connectivity index (χ1) is 11.0. The van der Waals surface area contributed by atoms with Crippen LogP contribution >= 0.6 is 0 Å². The molecule has 0 saturated carbocycles. The fourth-order valence-electron chi connectivity index (χ4n) is 2.28. The Kier molecular flexibility index (Phi) is 3.80. The summed E-state index contributed by atoms with van der Waals surface area (Å²) < 4.78 is 25.0. The first-order valence-electron chi connectivity index (χ1n) is 6.87. The third-order valence-corrected chi connectivity index (χ3v) is 5.27. The highest BCUT2D eigenvalue weighted by Crippen LogP contribution is 2.25. The lowest BCUT2D eigenvalue weighted by Crippen LogP contribution is -2.16. The number of rotatable bonds is 3. The number of ketones is 2. The van der Waals surface area contributed by atoms with Crippen LogP contribution in [0.2, 0.25) is 0 Å². The van der Waals surface area contributed by atoms with Gasteiger partial charge in [-0.3, -0.25) is 9.59 Å². The van der Waals surface area contributed by atoms with E-state index in [1.54, 1.807) is 12.1 Å². The highest BCUT2D eigenvalue weighted by Gasteiger charge is 2.28. The normalized spacial score (nSPS) is 14.7. The molecule has 4 nitrogen and oxygen atoms in total. The topological polar surface area (TPSA) is 68.3 Å². The van der Waals surface area contributed by atoms with Crippen LogP contribution < -0.4 is 0 Å². The number of carbonyl (C=O) groups is 2. The average Bonchev–Trinajstić information content (AvgIpc) is 2.58. The van der Waals surface area contributed by atoms with Crippen LogP contribution in [0, 0.1) is 0 Å². The van der Waals surface area contributed by atoms with Crippen LogP contribution in [0.3, 0.4) is 0 Å². The van der Waals surface area contributed by atoms with Crippen LogP contribution in [0.4, 0.5) is 0 Å². The van der Waals surface area contributed by atoms with Gasteiger partial charge in [0.15, 0.2) is 11.6 Å². The van der Waals surface area contributed by atoms with E-state index in [9.17, 15) is 18.0 Å². The monoisotopic (exact) mass is 324 g/mol. The first-order valence-corrected chi connectivity index (χ1v) is 8.35. The zero-order valence-corrected chi connectivity index (χ0v) is 12.8. The van der Waals surface area contributed by atoms with Crippen molar-refractivity contribution >= 4 is 21.4 Å². The minimum atomic E-state index is -4.00. The van der Waals surface area contributed by atoms with Crippen molar-refractivity contribution < 1.29 is 18.0 Å². The fourth-order valence-corrected chi connectivity index (χ4v) is 3.64. The minimum Gasteiger partial charge on any atom is -0.290 e. The van der Waals surface area contributed by atoms with Crippen molar-refractivity contribution in [1.29, 1.82) is 0 Å². The molecule has 0 radical (unpaired) electrons. The van der Waals surface area contributed by atoms with Gasteiger partial charge in [0, 0.05) is 6.08 Å². The molecule has 0 N–H and O–H groups in total. The molecule has 1 aliphatic rings. The summed E-state index contributed by atoms with van der Waals surface area (Å²) in [5.74, 6) is -1.19. The number of carbonyl (C=O) groups excluding carboxylic acids is 2. The highest BCUT2D eigenvalue weighted by molar-refractivity contribution is 7.96. The van der Waals surface area contributed by atoms with Crippen LogP contribution in [-0.2, 0) is 19.4 Å². The number of sulfone groups is 1. The maximum absolute atomic E-state index is 12.5. The molecule has 5 heteroatoms. The standard InChI is InChI=1S/C18H12O4S/c19-15-8-11-17(20)18(12-15)23(21,22)16-9-6-14(7-10-16)13-4-2-1-3-5-13/h1-12H. The highest BCUT2D eigenvalue weighted by atomic mass is 32.2. The van der Waals surface area contributed by atoms with E-state index in [0.717, 1.165) is 29.4 Å². The van der Waals surface area contributed by atoms with Gasteiger partial charge in [-0.15, -0.1) is 0 Å². The number of hydrogen-bond acceptors (Lipinski definition) is 4. The zero-order valence-electron chi connectivity index (χ0n) is 12.0. The molecule has 0 aromatic heterocycles. The number of hydrogen-bond donors (Lipinski definition) is 0. The van der Waals surface area contributed by atoms with E-state index < -0.39 is 26.3 Å². The van der Waals surface area contributed by atoms with Gasteiger partial charge in [-0.1, -0.05) is 42.5 Å². The molecule has 2 aromatic rings. The Hall–Kier alpha value is -2.79. The SMILES string of the molecule is O=C1C=CC(=O)C(S(=O)(=O)c2ccc(-c3ccccc3)cc2)=C1. The van der Waals surface area contributed by atoms with E-state index in [-0.39, 0.29) is 4.90 Å². The lowest BCUT2D eigenvalue weighted by molar-refractivity contribution is -0.114. The molecule has 23 heavy (non-hydrogen) atoms. The van der Waals surface area contributed by atoms with Gasteiger partial charge < -0.3 is 0 Å². The predicted octanol–water partition coefficient (Wildman–Crippen LogP) is 2.72. The zero-order chi connectivity index (χ0) is 16.4. The Labute approximate surface area is 133 Å². The van der Waals surface area contributed by atoms with Gasteiger partial charge in [0.05, 0.1) is 4.90 Å². The summed E-state index contributed by atoms with van der Waals surface area (Å²) in [6.07, 6.45) is 2.90. The van der Waals surface area contributed by atoms with Crippen LogP contribution in [0.1, 0.15) is 0 Å². The molecule has 0 unspecified atom stereocenters. The van der Waals surface area contributed by atoms with E-state index in [4.69, 9.17) is 0 Å². The van der Waals surface area contributed by atoms with Crippen molar-refractivity contribution in [2.24, 2.45) is 0 Å². The third kappa shape index (κ3) is 2.91. The van der Waals surface area contributed by atoms with Crippen LogP contribution in [0.5, 0.6) is 0 Å². The van der Waals surface area contributed by atoms with Crippen molar-refractivity contribution in [2.75, 3.05) is 0 Å². The minimum absolute atomic E-state index is 0.0140. The second-order valence-electron chi connectivity index (χ2n) is 5.00. The van der Waals surface area contributed by atoms with Gasteiger partial charge in [0.1, 0.15) is 4.91 Å². The summed E-state index contributed by atoms with van der Waals surface area (Å²) in [4.78, 5) is 22.6. The third-order valence-electron chi connectivity index (χ3n) is 3.48. The van der Waals surface area contributed by atoms with Crippen LogP contribution in [0.25, 0.3) is 11.1 Å². The molecule has 0 bridgehead atoms. The van der Waals surface area contributed by atoms with Gasteiger partial charge in [-0.25, -0.2) is 8.42 Å². The molecule has 0 fully saturated rings. The lowest BCUT2D eigenvalue weighted by Gasteiger charge is -2.09. The average molecular weight is 324 g/mol. The molecule has 1 aliphatic carbocycles. The maximum atomic E-state index is 12.5. The van der Waals surface area contributed by atoms with E-state index in [1.165, 1.54) is 12.1 Å². The molecular weight excluding hydrogens is 312 g/mol. The molecule has 0 amide bonds. The largest absolute Gasteiger partial charge is 0.290 e. The Bertz CT molecular complexity index is 934. The summed E-state index contributed by atoms with van der Waals surface area (Å²) >= 11 is 0. The summed E-state index contributed by atoms with van der Waals surface area (Å²) in [6.45, 7) is 0. The van der Waals surface area contributed by atoms with E-state index in [0.29, 0.717) is 0 Å². The molecule has 0 aliphatic heterocycles. The Balaban J connectivity index is 1.99. The molecule has 2 aromatic carbocycles. The first kappa shape index (κ1) is 15.1. The van der Waals surface area contributed by atoms with Crippen molar-refractivity contribution in [3.63, 3.8) is 0 Å². The van der Waals surface area contributed by atoms with Gasteiger partial charge >= 0.3 is 0 Å². The summed E-state index contributed by atoms with van der Waals surface area (Å²) in [7, 11) is -4.00. The maximum Gasteiger partial charge on any atom is 0.210 e. The second-order valence-corrected chi connectivity index (χ2v) is 6.92. The van der Waals surface area contributed by atoms with Crippen molar-refractivity contribution in [1.82, 2.24) is 0 Å². The Morgan fingerprint density at radius 2 is 1.30 bits per heavy atom. The smallest absolute Gasteiger partial charge is 0.210 e. The van der Waals surface area contributed by atoms with Crippen molar-refractivity contribution in [3.8, 4) is 11.1 Å². The molecule has 3 rings (SSSR count). The predicted molar refractivity (Wildman–Crippen MR) is 86.3 cm³/mol. The molecule has 0 heterocycles. The van der Waals surface area contributed by atoms with Crippen LogP contribution in [-0.4, -0.2) is 20.0 Å². The van der Waals surface area contributed by atoms with Gasteiger partial charge in [0.25, 0.3) is 0 Å². The van der Waals surface area contributed by atoms with Crippen molar-refractivity contribution in [2.45, 2.75) is 4.90 Å². The van der Waals surface area contributed by atoms with Gasteiger partial charge in [-0.2, -0.15) is 0 Å². The Morgan fingerprint density at radius 1 is 0.696 bits per heavy atom. The molecule has 0 atom stereocenters. The van der Waals surface area contributed by atoms with Crippen LogP contribution in [0.15, 0.2) is 82.6 Å². The van der Waals surface area contributed by atoms with E-state index >= 15 is 0 Å². The molecular formula is C18H12O4S.